The molecule has 1 saturated heterocycles. The zero-order valence-electron chi connectivity index (χ0n) is 17.3. The first-order valence-electron chi connectivity index (χ1n) is 10.2. The highest BCUT2D eigenvalue weighted by molar-refractivity contribution is 6.21. The van der Waals surface area contributed by atoms with Crippen molar-refractivity contribution in [2.24, 2.45) is 17.8 Å². The van der Waals surface area contributed by atoms with Gasteiger partial charge in [-0.2, -0.15) is 0 Å². The summed E-state index contributed by atoms with van der Waals surface area (Å²) < 4.78 is 6.63. The van der Waals surface area contributed by atoms with Gasteiger partial charge in [-0.15, -0.1) is 11.6 Å². The van der Waals surface area contributed by atoms with Crippen LogP contribution in [0.4, 0.5) is 0 Å². The SMILES string of the molecule is [C-]#[N+][C@@H]1[C@H]2[C@H](CC[C@@]1(C)O)[C@](C)([N+]#[C-])CC[C@@H]2[C@@]1(C)CC[C@H](Cl)C(C)(C)O1. The first-order valence-corrected chi connectivity index (χ1v) is 10.7. The van der Waals surface area contributed by atoms with Gasteiger partial charge in [0.05, 0.1) is 22.5 Å². The van der Waals surface area contributed by atoms with Gasteiger partial charge in [-0.1, -0.05) is 0 Å². The van der Waals surface area contributed by atoms with Crippen molar-refractivity contribution < 1.29 is 9.84 Å². The van der Waals surface area contributed by atoms with Crippen molar-refractivity contribution in [3.05, 3.63) is 22.8 Å². The van der Waals surface area contributed by atoms with E-state index < -0.39 is 22.8 Å². The van der Waals surface area contributed by atoms with Crippen LogP contribution >= 0.6 is 11.6 Å². The van der Waals surface area contributed by atoms with Crippen molar-refractivity contribution >= 4 is 11.6 Å². The first-order chi connectivity index (χ1) is 12.4. The molecule has 5 heteroatoms. The second-order valence-corrected chi connectivity index (χ2v) is 10.8. The van der Waals surface area contributed by atoms with E-state index in [9.17, 15) is 5.11 Å². The normalized spacial score (nSPS) is 52.3. The second-order valence-electron chi connectivity index (χ2n) is 10.3. The van der Waals surface area contributed by atoms with Gasteiger partial charge in [0.1, 0.15) is 5.60 Å². The molecule has 3 fully saturated rings. The highest BCUT2D eigenvalue weighted by atomic mass is 35.5. The number of aliphatic hydroxyl groups is 1. The van der Waals surface area contributed by atoms with Crippen LogP contribution in [-0.4, -0.2) is 38.9 Å². The monoisotopic (exact) mass is 392 g/mol. The van der Waals surface area contributed by atoms with Crippen LogP contribution in [-0.2, 0) is 4.74 Å². The number of rotatable bonds is 1. The lowest BCUT2D eigenvalue weighted by molar-refractivity contribution is -0.217. The Morgan fingerprint density at radius 3 is 2.15 bits per heavy atom. The summed E-state index contributed by atoms with van der Waals surface area (Å²) in [6.45, 7) is 25.8. The predicted octanol–water partition coefficient (Wildman–Crippen LogP) is 5.09. The maximum Gasteiger partial charge on any atom is 0.255 e. The minimum atomic E-state index is -1.00. The van der Waals surface area contributed by atoms with Gasteiger partial charge in [0.15, 0.2) is 0 Å². The van der Waals surface area contributed by atoms with Gasteiger partial charge in [0, 0.05) is 19.3 Å². The van der Waals surface area contributed by atoms with Crippen molar-refractivity contribution in [3.63, 3.8) is 0 Å². The first kappa shape index (κ1) is 20.9. The van der Waals surface area contributed by atoms with Crippen molar-refractivity contribution in [1.82, 2.24) is 0 Å². The lowest BCUT2D eigenvalue weighted by Crippen LogP contribution is -2.64. The third-order valence-corrected chi connectivity index (χ3v) is 8.72. The Kier molecular flexibility index (Phi) is 5.13. The maximum atomic E-state index is 11.0. The zero-order chi connectivity index (χ0) is 20.3. The maximum absolute atomic E-state index is 11.0. The number of fused-ring (bicyclic) bond motifs is 1. The molecule has 0 bridgehead atoms. The molecule has 0 aromatic carbocycles. The quantitative estimate of drug-likeness (QED) is 0.498. The van der Waals surface area contributed by atoms with Crippen molar-refractivity contribution in [2.45, 2.75) is 107 Å². The fraction of sp³-hybridized carbons (Fsp3) is 0.909. The number of nitrogens with zero attached hydrogens (tertiary/aromatic N) is 2. The Hall–Kier alpha value is -0.810. The van der Waals surface area contributed by atoms with Gasteiger partial charge in [-0.3, -0.25) is 0 Å². The molecule has 0 radical (unpaired) electrons. The second kappa shape index (κ2) is 6.62. The fourth-order valence-corrected chi connectivity index (χ4v) is 6.44. The van der Waals surface area contributed by atoms with E-state index in [0.717, 1.165) is 32.1 Å². The molecule has 27 heavy (non-hydrogen) atoms. The van der Waals surface area contributed by atoms with Crippen molar-refractivity contribution in [3.8, 4) is 0 Å². The van der Waals surface area contributed by atoms with Crippen LogP contribution in [0.3, 0.4) is 0 Å². The van der Waals surface area contributed by atoms with Gasteiger partial charge in [-0.05, 0) is 65.7 Å². The van der Waals surface area contributed by atoms with E-state index in [1.807, 2.05) is 0 Å². The summed E-state index contributed by atoms with van der Waals surface area (Å²) in [5.41, 5.74) is -2.25. The summed E-state index contributed by atoms with van der Waals surface area (Å²) in [6.07, 6.45) is 4.83. The van der Waals surface area contributed by atoms with Crippen LogP contribution < -0.4 is 0 Å². The predicted molar refractivity (Wildman–Crippen MR) is 107 cm³/mol. The van der Waals surface area contributed by atoms with Gasteiger partial charge in [0.25, 0.3) is 6.04 Å². The summed E-state index contributed by atoms with van der Waals surface area (Å²) in [7, 11) is 0. The molecule has 150 valence electrons. The number of halogens is 1. The molecule has 0 aromatic rings. The zero-order valence-corrected chi connectivity index (χ0v) is 18.0. The average Bonchev–Trinajstić information content (AvgIpc) is 2.57. The number of ether oxygens (including phenoxy) is 1. The van der Waals surface area contributed by atoms with Crippen LogP contribution in [0.2, 0.25) is 0 Å². The van der Waals surface area contributed by atoms with Crippen LogP contribution in [0.25, 0.3) is 9.69 Å². The van der Waals surface area contributed by atoms with Crippen molar-refractivity contribution in [1.29, 1.82) is 0 Å². The van der Waals surface area contributed by atoms with E-state index in [2.05, 4.69) is 37.4 Å². The molecule has 1 N–H and O–H groups in total. The average molecular weight is 393 g/mol. The Labute approximate surface area is 169 Å². The molecule has 4 nitrogen and oxygen atoms in total. The molecule has 0 aromatic heterocycles. The van der Waals surface area contributed by atoms with Crippen LogP contribution in [0.5, 0.6) is 0 Å². The smallest absolute Gasteiger partial charge is 0.255 e. The lowest BCUT2D eigenvalue weighted by atomic mass is 9.51. The molecule has 3 aliphatic rings. The van der Waals surface area contributed by atoms with Gasteiger partial charge >= 0.3 is 0 Å². The van der Waals surface area contributed by atoms with Crippen LogP contribution in [0.15, 0.2) is 0 Å². The van der Waals surface area contributed by atoms with E-state index in [0.29, 0.717) is 6.42 Å². The van der Waals surface area contributed by atoms with Gasteiger partial charge in [-0.25, -0.2) is 13.1 Å². The molecule has 2 saturated carbocycles. The minimum Gasteiger partial charge on any atom is -0.382 e. The Morgan fingerprint density at radius 1 is 0.963 bits per heavy atom. The third kappa shape index (κ3) is 3.29. The fourth-order valence-electron chi connectivity index (χ4n) is 6.29. The molecule has 1 aliphatic heterocycles. The molecule has 0 amide bonds. The Balaban J connectivity index is 2.03. The van der Waals surface area contributed by atoms with E-state index in [-0.39, 0.29) is 28.7 Å². The number of hydrogen-bond acceptors (Lipinski definition) is 2. The number of alkyl halides is 1. The van der Waals surface area contributed by atoms with Crippen LogP contribution in [0.1, 0.15) is 73.1 Å². The van der Waals surface area contributed by atoms with E-state index >= 15 is 0 Å². The van der Waals surface area contributed by atoms with Crippen LogP contribution in [0, 0.1) is 30.9 Å². The lowest BCUT2D eigenvalue weighted by Gasteiger charge is -2.57. The van der Waals surface area contributed by atoms with Gasteiger partial charge < -0.3 is 19.5 Å². The minimum absolute atomic E-state index is 0.0215. The molecule has 3 rings (SSSR count). The summed E-state index contributed by atoms with van der Waals surface area (Å²) in [4.78, 5) is 7.95. The number of hydrogen-bond donors (Lipinski definition) is 1. The summed E-state index contributed by atoms with van der Waals surface area (Å²) in [5.74, 6) is 0.267. The summed E-state index contributed by atoms with van der Waals surface area (Å²) in [5, 5.41) is 11.0. The Bertz CT molecular complexity index is 679. The summed E-state index contributed by atoms with van der Waals surface area (Å²) >= 11 is 6.53. The van der Waals surface area contributed by atoms with E-state index in [1.165, 1.54) is 0 Å². The van der Waals surface area contributed by atoms with E-state index in [1.54, 1.807) is 6.92 Å². The van der Waals surface area contributed by atoms with E-state index in [4.69, 9.17) is 29.5 Å². The highest BCUT2D eigenvalue weighted by Gasteiger charge is 2.66. The topological polar surface area (TPSA) is 38.2 Å². The Morgan fingerprint density at radius 2 is 1.59 bits per heavy atom. The molecular formula is C22H33ClN2O2. The highest BCUT2D eigenvalue weighted by Crippen LogP contribution is 2.58. The molecule has 2 aliphatic carbocycles. The standard InChI is InChI=1S/C22H33ClN2O2/c1-19(2)16(23)10-13-22(5,27-19)15-8-11-20(3,25-7)14-9-12-21(4,26)18(24-6)17(14)15/h14-18,26H,8-13H2,1-5H3/t14-,15-,16-,17-,18+,20+,21+,22+/m0/s1. The largest absolute Gasteiger partial charge is 0.382 e. The van der Waals surface area contributed by atoms with Crippen molar-refractivity contribution in [2.75, 3.05) is 0 Å². The molecular weight excluding hydrogens is 360 g/mol. The third-order valence-electron chi connectivity index (χ3n) is 7.98. The molecule has 0 unspecified atom stereocenters. The van der Waals surface area contributed by atoms with Gasteiger partial charge in [0.2, 0.25) is 5.54 Å². The molecule has 8 atom stereocenters. The molecule has 1 heterocycles. The molecule has 0 spiro atoms. The summed E-state index contributed by atoms with van der Waals surface area (Å²) in [6, 6.07) is -0.486.